The molecule has 1 aromatic carbocycles. The van der Waals surface area contributed by atoms with Crippen molar-refractivity contribution in [3.05, 3.63) is 41.4 Å². The Balaban J connectivity index is 1.47. The first-order valence-electron chi connectivity index (χ1n) is 9.08. The van der Waals surface area contributed by atoms with Crippen LogP contribution in [0.5, 0.6) is 0 Å². The average Bonchev–Trinajstić information content (AvgIpc) is 3.22. The number of carbonyl (C=O) groups excluding carboxylic acids is 3. The van der Waals surface area contributed by atoms with Crippen LogP contribution in [0.3, 0.4) is 0 Å². The molecule has 7 heteroatoms. The normalized spacial score (nSPS) is 23.0. The van der Waals surface area contributed by atoms with Gasteiger partial charge in [-0.15, -0.1) is 11.3 Å². The van der Waals surface area contributed by atoms with Crippen molar-refractivity contribution in [2.45, 2.75) is 25.8 Å². The summed E-state index contributed by atoms with van der Waals surface area (Å²) in [6, 6.07) is 7.61. The Bertz CT molecular complexity index is 892. The zero-order chi connectivity index (χ0) is 19.1. The number of allylic oxidation sites excluding steroid dienone is 2. The van der Waals surface area contributed by atoms with Crippen LogP contribution in [0.25, 0.3) is 10.2 Å². The number of likely N-dealkylation sites (tertiary alicyclic amines) is 1. The standard InChI is InChI=1S/C20H21N3O3S/c1-12(18-21-15-9-5-6-10-16(15)27-18)22(2)17(24)11-23-19(25)13-7-3-4-8-14(13)20(23)26/h3-6,9-10,12-14H,7-8,11H2,1-2H3/t12-,13+,14+/m1/s1. The van der Waals surface area contributed by atoms with Crippen LogP contribution in [-0.2, 0) is 14.4 Å². The number of nitrogens with zero attached hydrogens (tertiary/aromatic N) is 3. The molecule has 2 aromatic rings. The fraction of sp³-hybridized carbons (Fsp3) is 0.400. The molecule has 1 aliphatic heterocycles. The molecule has 6 nitrogen and oxygen atoms in total. The van der Waals surface area contributed by atoms with E-state index in [0.29, 0.717) is 12.8 Å². The number of hydrogen-bond acceptors (Lipinski definition) is 5. The smallest absolute Gasteiger partial charge is 0.243 e. The minimum Gasteiger partial charge on any atom is -0.335 e. The van der Waals surface area contributed by atoms with Crippen molar-refractivity contribution in [3.8, 4) is 0 Å². The second-order valence-corrected chi connectivity index (χ2v) is 8.18. The molecule has 0 spiro atoms. The molecule has 1 aliphatic carbocycles. The van der Waals surface area contributed by atoms with Gasteiger partial charge in [-0.2, -0.15) is 0 Å². The van der Waals surface area contributed by atoms with E-state index < -0.39 is 0 Å². The summed E-state index contributed by atoms with van der Waals surface area (Å²) in [6.07, 6.45) is 5.05. The van der Waals surface area contributed by atoms with Crippen molar-refractivity contribution < 1.29 is 14.4 Å². The zero-order valence-corrected chi connectivity index (χ0v) is 16.1. The van der Waals surface area contributed by atoms with Gasteiger partial charge in [-0.25, -0.2) is 4.98 Å². The maximum absolute atomic E-state index is 12.8. The Morgan fingerprint density at radius 3 is 2.48 bits per heavy atom. The van der Waals surface area contributed by atoms with Crippen LogP contribution >= 0.6 is 11.3 Å². The molecule has 0 radical (unpaired) electrons. The van der Waals surface area contributed by atoms with Crippen LogP contribution in [0.15, 0.2) is 36.4 Å². The van der Waals surface area contributed by atoms with Crippen LogP contribution in [-0.4, -0.2) is 46.1 Å². The summed E-state index contributed by atoms with van der Waals surface area (Å²) in [5, 5.41) is 0.837. The average molecular weight is 383 g/mol. The van der Waals surface area contributed by atoms with Gasteiger partial charge < -0.3 is 4.90 Å². The number of para-hydroxylation sites is 1. The molecule has 1 saturated heterocycles. The van der Waals surface area contributed by atoms with Crippen molar-refractivity contribution in [1.29, 1.82) is 0 Å². The van der Waals surface area contributed by atoms with Gasteiger partial charge >= 0.3 is 0 Å². The van der Waals surface area contributed by atoms with Crippen LogP contribution in [0, 0.1) is 11.8 Å². The quantitative estimate of drug-likeness (QED) is 0.601. The Morgan fingerprint density at radius 2 is 1.85 bits per heavy atom. The molecule has 2 aliphatic rings. The van der Waals surface area contributed by atoms with Crippen molar-refractivity contribution >= 4 is 39.3 Å². The number of thiazole rings is 1. The lowest BCUT2D eigenvalue weighted by atomic mass is 9.85. The summed E-state index contributed by atoms with van der Waals surface area (Å²) in [6.45, 7) is 1.71. The van der Waals surface area contributed by atoms with Gasteiger partial charge in [0.25, 0.3) is 0 Å². The highest BCUT2D eigenvalue weighted by molar-refractivity contribution is 7.18. The van der Waals surface area contributed by atoms with E-state index in [4.69, 9.17) is 0 Å². The fourth-order valence-corrected chi connectivity index (χ4v) is 4.78. The molecule has 2 heterocycles. The molecule has 140 valence electrons. The minimum atomic E-state index is -0.303. The van der Waals surface area contributed by atoms with Crippen LogP contribution in [0.2, 0.25) is 0 Å². The summed E-state index contributed by atoms with van der Waals surface area (Å²) < 4.78 is 1.07. The summed E-state index contributed by atoms with van der Waals surface area (Å²) in [7, 11) is 1.69. The molecule has 0 N–H and O–H groups in total. The topological polar surface area (TPSA) is 70.6 Å². The minimum absolute atomic E-state index is 0.198. The zero-order valence-electron chi connectivity index (χ0n) is 15.3. The van der Waals surface area contributed by atoms with Gasteiger partial charge in [0.2, 0.25) is 17.7 Å². The third kappa shape index (κ3) is 3.06. The molecule has 3 amide bonds. The summed E-state index contributed by atoms with van der Waals surface area (Å²) in [4.78, 5) is 45.2. The second kappa shape index (κ2) is 6.88. The van der Waals surface area contributed by atoms with Crippen LogP contribution < -0.4 is 0 Å². The van der Waals surface area contributed by atoms with Gasteiger partial charge in [0.05, 0.1) is 28.1 Å². The molecule has 0 bridgehead atoms. The van der Waals surface area contributed by atoms with E-state index in [9.17, 15) is 14.4 Å². The Morgan fingerprint density at radius 1 is 1.22 bits per heavy atom. The Hall–Kier alpha value is -2.54. The summed E-state index contributed by atoms with van der Waals surface area (Å²) >= 11 is 1.55. The van der Waals surface area contributed by atoms with Gasteiger partial charge in [-0.1, -0.05) is 24.3 Å². The second-order valence-electron chi connectivity index (χ2n) is 7.12. The summed E-state index contributed by atoms with van der Waals surface area (Å²) in [5.74, 6) is -1.30. The van der Waals surface area contributed by atoms with E-state index in [0.717, 1.165) is 20.1 Å². The maximum Gasteiger partial charge on any atom is 0.243 e. The predicted octanol–water partition coefficient (Wildman–Crippen LogP) is 2.77. The van der Waals surface area contributed by atoms with E-state index in [1.807, 2.05) is 43.3 Å². The number of hydrogen-bond donors (Lipinski definition) is 0. The van der Waals surface area contributed by atoms with E-state index in [1.165, 1.54) is 0 Å². The lowest BCUT2D eigenvalue weighted by molar-refractivity contribution is -0.146. The number of fused-ring (bicyclic) bond motifs is 2. The van der Waals surface area contributed by atoms with Crippen molar-refractivity contribution in [1.82, 2.24) is 14.8 Å². The first-order chi connectivity index (χ1) is 13.0. The highest BCUT2D eigenvalue weighted by atomic mass is 32.1. The molecule has 0 saturated carbocycles. The third-order valence-electron chi connectivity index (χ3n) is 5.53. The van der Waals surface area contributed by atoms with Crippen molar-refractivity contribution in [3.63, 3.8) is 0 Å². The van der Waals surface area contributed by atoms with Crippen molar-refractivity contribution in [2.24, 2.45) is 11.8 Å². The van der Waals surface area contributed by atoms with Gasteiger partial charge in [-0.05, 0) is 31.9 Å². The van der Waals surface area contributed by atoms with E-state index in [2.05, 4.69) is 4.98 Å². The lowest BCUT2D eigenvalue weighted by Gasteiger charge is -2.25. The van der Waals surface area contributed by atoms with E-state index >= 15 is 0 Å². The fourth-order valence-electron chi connectivity index (χ4n) is 3.72. The Labute approximate surface area is 161 Å². The van der Waals surface area contributed by atoms with Crippen LogP contribution in [0.1, 0.15) is 30.8 Å². The number of amides is 3. The molecule has 3 atom stereocenters. The molecular weight excluding hydrogens is 362 g/mol. The molecule has 1 fully saturated rings. The first kappa shape index (κ1) is 17.9. The largest absolute Gasteiger partial charge is 0.335 e. The SMILES string of the molecule is C[C@H](c1nc2ccccc2s1)N(C)C(=O)CN1C(=O)[C@H]2CC=CC[C@@H]2C1=O. The Kier molecular flexibility index (Phi) is 4.55. The number of likely N-dealkylation sites (N-methyl/N-ethyl adjacent to an activating group) is 1. The monoisotopic (exact) mass is 383 g/mol. The number of benzene rings is 1. The first-order valence-corrected chi connectivity index (χ1v) is 9.90. The number of aromatic nitrogens is 1. The third-order valence-corrected chi connectivity index (χ3v) is 6.74. The predicted molar refractivity (Wildman–Crippen MR) is 103 cm³/mol. The molecule has 27 heavy (non-hydrogen) atoms. The van der Waals surface area contributed by atoms with Gasteiger partial charge in [0.15, 0.2) is 0 Å². The van der Waals surface area contributed by atoms with E-state index in [1.54, 1.807) is 23.3 Å². The highest BCUT2D eigenvalue weighted by Gasteiger charge is 2.47. The maximum atomic E-state index is 12.8. The molecule has 0 unspecified atom stereocenters. The summed E-state index contributed by atoms with van der Waals surface area (Å²) in [5.41, 5.74) is 0.909. The number of rotatable bonds is 4. The molecule has 1 aromatic heterocycles. The van der Waals surface area contributed by atoms with E-state index in [-0.39, 0.29) is 42.1 Å². The number of imide groups is 1. The van der Waals surface area contributed by atoms with Crippen molar-refractivity contribution in [2.75, 3.05) is 13.6 Å². The van der Waals surface area contributed by atoms with Gasteiger partial charge in [0.1, 0.15) is 11.6 Å². The van der Waals surface area contributed by atoms with Gasteiger partial charge in [-0.3, -0.25) is 19.3 Å². The number of carbonyl (C=O) groups is 3. The van der Waals surface area contributed by atoms with Crippen LogP contribution in [0.4, 0.5) is 0 Å². The van der Waals surface area contributed by atoms with Gasteiger partial charge in [0, 0.05) is 7.05 Å². The molecule has 4 rings (SSSR count). The lowest BCUT2D eigenvalue weighted by Crippen LogP contribution is -2.42. The highest BCUT2D eigenvalue weighted by Crippen LogP contribution is 2.35. The molecular formula is C20H21N3O3S.